The van der Waals surface area contributed by atoms with Crippen LogP contribution in [0, 0.1) is 11.8 Å². The number of aliphatic hydroxyl groups is 1. The number of hydrogen-bond donors (Lipinski definition) is 3. The van der Waals surface area contributed by atoms with Gasteiger partial charge >= 0.3 is 12.1 Å². The molecular formula is C24H26N2O6. The van der Waals surface area contributed by atoms with Gasteiger partial charge < -0.3 is 25.2 Å². The van der Waals surface area contributed by atoms with E-state index in [0.717, 1.165) is 27.2 Å². The van der Waals surface area contributed by atoms with Crippen LogP contribution in [0.1, 0.15) is 23.5 Å². The number of aliphatic hydroxyl groups excluding tert-OH is 1. The van der Waals surface area contributed by atoms with Crippen molar-refractivity contribution in [3.05, 3.63) is 59.7 Å². The zero-order valence-corrected chi connectivity index (χ0v) is 17.6. The number of benzene rings is 2. The SMILES string of the molecule is O=C(O)CN(CCO)C(=O)[C@H]1C[C@H]1CNC(=O)OCC1c2ccccc2-c2ccccc21. The standard InChI is InChI=1S/C24H26N2O6/c27-10-9-26(13-22(28)29)23(30)20-11-15(20)12-25-24(31)32-14-21-18-7-3-1-5-16(18)17-6-2-4-8-19(17)21/h1-8,15,20-21,27H,9-14H2,(H,25,31)(H,28,29)/t15-,20-/m0/s1. The fourth-order valence-electron chi connectivity index (χ4n) is 4.43. The van der Waals surface area contributed by atoms with Crippen molar-refractivity contribution in [2.24, 2.45) is 11.8 Å². The van der Waals surface area contributed by atoms with E-state index in [0.29, 0.717) is 6.42 Å². The normalized spacial score (nSPS) is 18.4. The van der Waals surface area contributed by atoms with Crippen molar-refractivity contribution in [2.75, 3.05) is 32.8 Å². The molecule has 0 radical (unpaired) electrons. The van der Waals surface area contributed by atoms with Gasteiger partial charge in [0.25, 0.3) is 0 Å². The van der Waals surface area contributed by atoms with Crippen molar-refractivity contribution in [1.29, 1.82) is 0 Å². The molecule has 8 nitrogen and oxygen atoms in total. The highest BCUT2D eigenvalue weighted by atomic mass is 16.5. The summed E-state index contributed by atoms with van der Waals surface area (Å²) in [4.78, 5) is 36.8. The van der Waals surface area contributed by atoms with E-state index in [2.05, 4.69) is 29.6 Å². The minimum absolute atomic E-state index is 0.0197. The van der Waals surface area contributed by atoms with Crippen LogP contribution in [0.2, 0.25) is 0 Å². The van der Waals surface area contributed by atoms with Crippen LogP contribution in [-0.4, -0.2) is 65.9 Å². The van der Waals surface area contributed by atoms with Crippen LogP contribution >= 0.6 is 0 Å². The van der Waals surface area contributed by atoms with Gasteiger partial charge in [-0.25, -0.2) is 4.79 Å². The number of ether oxygens (including phenoxy) is 1. The number of aliphatic carboxylic acids is 1. The molecule has 4 rings (SSSR count). The van der Waals surface area contributed by atoms with Crippen molar-refractivity contribution in [3.63, 3.8) is 0 Å². The van der Waals surface area contributed by atoms with Gasteiger partial charge in [-0.3, -0.25) is 9.59 Å². The topological polar surface area (TPSA) is 116 Å². The first-order valence-electron chi connectivity index (χ1n) is 10.7. The zero-order chi connectivity index (χ0) is 22.7. The number of amides is 2. The first-order valence-corrected chi connectivity index (χ1v) is 10.7. The molecule has 0 heterocycles. The van der Waals surface area contributed by atoms with E-state index in [1.54, 1.807) is 0 Å². The lowest BCUT2D eigenvalue weighted by molar-refractivity contribution is -0.145. The lowest BCUT2D eigenvalue weighted by Crippen LogP contribution is -2.39. The summed E-state index contributed by atoms with van der Waals surface area (Å²) >= 11 is 0. The molecule has 0 aromatic heterocycles. The highest BCUT2D eigenvalue weighted by molar-refractivity contribution is 5.85. The van der Waals surface area contributed by atoms with Gasteiger partial charge in [-0.2, -0.15) is 0 Å². The fourth-order valence-corrected chi connectivity index (χ4v) is 4.43. The maximum absolute atomic E-state index is 12.4. The van der Waals surface area contributed by atoms with Gasteiger partial charge in [-0.05, 0) is 34.6 Å². The maximum Gasteiger partial charge on any atom is 0.407 e. The summed E-state index contributed by atoms with van der Waals surface area (Å²) < 4.78 is 5.50. The van der Waals surface area contributed by atoms with Crippen molar-refractivity contribution in [1.82, 2.24) is 10.2 Å². The van der Waals surface area contributed by atoms with Crippen LogP contribution in [0.5, 0.6) is 0 Å². The van der Waals surface area contributed by atoms with Gasteiger partial charge in [0.1, 0.15) is 13.2 Å². The van der Waals surface area contributed by atoms with Crippen LogP contribution in [-0.2, 0) is 14.3 Å². The number of rotatable bonds is 9. The van der Waals surface area contributed by atoms with E-state index in [-0.39, 0.29) is 50.0 Å². The van der Waals surface area contributed by atoms with Crippen LogP contribution in [0.15, 0.2) is 48.5 Å². The number of nitrogens with zero attached hydrogens (tertiary/aromatic N) is 1. The number of fused-ring (bicyclic) bond motifs is 3. The van der Waals surface area contributed by atoms with Crippen molar-refractivity contribution in [3.8, 4) is 11.1 Å². The lowest BCUT2D eigenvalue weighted by Gasteiger charge is -2.19. The van der Waals surface area contributed by atoms with E-state index >= 15 is 0 Å². The average molecular weight is 438 g/mol. The van der Waals surface area contributed by atoms with Crippen molar-refractivity contribution < 1.29 is 29.3 Å². The highest BCUT2D eigenvalue weighted by Crippen LogP contribution is 2.44. The summed E-state index contributed by atoms with van der Waals surface area (Å²) in [5, 5.41) is 20.7. The van der Waals surface area contributed by atoms with Crippen LogP contribution < -0.4 is 5.32 Å². The predicted molar refractivity (Wildman–Crippen MR) is 116 cm³/mol. The Morgan fingerprint density at radius 1 is 1.03 bits per heavy atom. The van der Waals surface area contributed by atoms with Gasteiger partial charge in [0.2, 0.25) is 5.91 Å². The summed E-state index contributed by atoms with van der Waals surface area (Å²) in [6.07, 6.45) is 0.0343. The van der Waals surface area contributed by atoms with Crippen molar-refractivity contribution >= 4 is 18.0 Å². The average Bonchev–Trinajstić information content (AvgIpc) is 3.50. The van der Waals surface area contributed by atoms with Crippen LogP contribution in [0.3, 0.4) is 0 Å². The molecule has 3 N–H and O–H groups in total. The Kier molecular flexibility index (Phi) is 6.41. The number of carboxylic acids is 1. The molecule has 1 saturated carbocycles. The minimum Gasteiger partial charge on any atom is -0.480 e. The Labute approximate surface area is 185 Å². The quantitative estimate of drug-likeness (QED) is 0.552. The summed E-state index contributed by atoms with van der Waals surface area (Å²) in [5.74, 6) is -1.85. The summed E-state index contributed by atoms with van der Waals surface area (Å²) in [5.41, 5.74) is 4.59. The molecule has 2 aromatic rings. The first kappa shape index (κ1) is 21.8. The summed E-state index contributed by atoms with van der Waals surface area (Å²) in [6.45, 7) is -0.256. The van der Waals surface area contributed by atoms with Gasteiger partial charge in [0.05, 0.1) is 6.61 Å². The van der Waals surface area contributed by atoms with Crippen LogP contribution in [0.25, 0.3) is 11.1 Å². The van der Waals surface area contributed by atoms with Crippen LogP contribution in [0.4, 0.5) is 4.79 Å². The molecule has 1 fully saturated rings. The van der Waals surface area contributed by atoms with E-state index in [1.807, 2.05) is 24.3 Å². The third-order valence-corrected chi connectivity index (χ3v) is 6.10. The second-order valence-corrected chi connectivity index (χ2v) is 8.19. The maximum atomic E-state index is 12.4. The summed E-state index contributed by atoms with van der Waals surface area (Å²) in [6, 6.07) is 16.2. The molecule has 8 heteroatoms. The second kappa shape index (κ2) is 9.40. The van der Waals surface area contributed by atoms with E-state index < -0.39 is 18.6 Å². The van der Waals surface area contributed by atoms with E-state index in [9.17, 15) is 14.4 Å². The molecule has 0 unspecified atom stereocenters. The predicted octanol–water partition coefficient (Wildman–Crippen LogP) is 2.07. The van der Waals surface area contributed by atoms with Gasteiger partial charge in [-0.1, -0.05) is 48.5 Å². The van der Waals surface area contributed by atoms with E-state index in [4.69, 9.17) is 14.9 Å². The molecule has 2 atom stereocenters. The van der Waals surface area contributed by atoms with Crippen molar-refractivity contribution in [2.45, 2.75) is 12.3 Å². The number of nitrogens with one attached hydrogen (secondary N) is 1. The molecule has 0 spiro atoms. The number of hydrogen-bond acceptors (Lipinski definition) is 5. The number of carbonyl (C=O) groups is 3. The van der Waals surface area contributed by atoms with Gasteiger partial charge in [-0.15, -0.1) is 0 Å². The third kappa shape index (κ3) is 4.60. The molecule has 32 heavy (non-hydrogen) atoms. The molecule has 0 bridgehead atoms. The molecular weight excluding hydrogens is 412 g/mol. The monoisotopic (exact) mass is 438 g/mol. The number of carboxylic acid groups (broad SMARTS) is 1. The van der Waals surface area contributed by atoms with Gasteiger partial charge in [0, 0.05) is 24.9 Å². The second-order valence-electron chi connectivity index (χ2n) is 8.19. The van der Waals surface area contributed by atoms with Gasteiger partial charge in [0.15, 0.2) is 0 Å². The third-order valence-electron chi connectivity index (χ3n) is 6.10. The Bertz CT molecular complexity index is 978. The highest BCUT2D eigenvalue weighted by Gasteiger charge is 2.45. The number of alkyl carbamates (subject to hydrolysis) is 1. The Morgan fingerprint density at radius 3 is 2.25 bits per heavy atom. The fraction of sp³-hybridized carbons (Fsp3) is 0.375. The summed E-state index contributed by atoms with van der Waals surface area (Å²) in [7, 11) is 0. The molecule has 0 saturated heterocycles. The molecule has 2 amide bonds. The Morgan fingerprint density at radius 2 is 1.66 bits per heavy atom. The smallest absolute Gasteiger partial charge is 0.407 e. The molecule has 2 aliphatic rings. The molecule has 0 aliphatic heterocycles. The molecule has 2 aromatic carbocycles. The largest absolute Gasteiger partial charge is 0.480 e. The lowest BCUT2D eigenvalue weighted by atomic mass is 9.98. The molecule has 168 valence electrons. The van der Waals surface area contributed by atoms with E-state index in [1.165, 1.54) is 0 Å². The zero-order valence-electron chi connectivity index (χ0n) is 17.6. The minimum atomic E-state index is -1.12. The Balaban J connectivity index is 1.27. The Hall–Kier alpha value is -3.39. The number of carbonyl (C=O) groups excluding carboxylic acids is 2. The molecule has 2 aliphatic carbocycles. The first-order chi connectivity index (χ1) is 15.5.